The highest BCUT2D eigenvalue weighted by atomic mass is 32.1. The quantitative estimate of drug-likeness (QED) is 0.527. The molecular formula is C12H19N3O2S. The third-order valence-corrected chi connectivity index (χ3v) is 3.40. The maximum Gasteiger partial charge on any atom is 0.311 e. The fraction of sp³-hybridized carbons (Fsp3) is 0.750. The molecule has 0 heterocycles. The molecule has 0 atom stereocenters. The molecule has 0 aromatic heterocycles. The monoisotopic (exact) mass is 269 g/mol. The zero-order valence-electron chi connectivity index (χ0n) is 10.4. The van der Waals surface area contributed by atoms with Crippen LogP contribution < -0.4 is 11.1 Å². The van der Waals surface area contributed by atoms with Gasteiger partial charge < -0.3 is 16.0 Å². The third-order valence-electron chi connectivity index (χ3n) is 3.26. The van der Waals surface area contributed by atoms with E-state index in [1.165, 1.54) is 25.7 Å². The molecule has 0 aromatic carbocycles. The van der Waals surface area contributed by atoms with Gasteiger partial charge in [0.15, 0.2) is 0 Å². The summed E-state index contributed by atoms with van der Waals surface area (Å²) in [5.74, 6) is 0.154. The van der Waals surface area contributed by atoms with Crippen molar-refractivity contribution in [2.24, 2.45) is 17.6 Å². The summed E-state index contributed by atoms with van der Waals surface area (Å²) in [6, 6.07) is 0. The van der Waals surface area contributed by atoms with Crippen molar-refractivity contribution in [2.45, 2.75) is 25.7 Å². The number of thiocarbonyl (C=S) groups is 1. The van der Waals surface area contributed by atoms with Crippen molar-refractivity contribution in [2.75, 3.05) is 19.6 Å². The Morgan fingerprint density at radius 3 is 2.06 bits per heavy atom. The van der Waals surface area contributed by atoms with E-state index in [-0.39, 0.29) is 11.5 Å². The van der Waals surface area contributed by atoms with E-state index < -0.39 is 11.8 Å². The van der Waals surface area contributed by atoms with E-state index in [0.29, 0.717) is 11.8 Å². The number of rotatable bonds is 6. The second-order valence-corrected chi connectivity index (χ2v) is 5.77. The largest absolute Gasteiger partial charge is 0.392 e. The second kappa shape index (κ2) is 5.65. The highest BCUT2D eigenvalue weighted by molar-refractivity contribution is 7.80. The van der Waals surface area contributed by atoms with Crippen molar-refractivity contribution in [3.8, 4) is 0 Å². The molecule has 2 aliphatic carbocycles. The molecule has 2 saturated carbocycles. The molecule has 3 N–H and O–H groups in total. The number of carbonyl (C=O) groups excluding carboxylic acids is 2. The summed E-state index contributed by atoms with van der Waals surface area (Å²) in [5.41, 5.74) is 5.29. The Kier molecular flexibility index (Phi) is 4.16. The van der Waals surface area contributed by atoms with E-state index in [0.717, 1.165) is 13.1 Å². The molecule has 2 rings (SSSR count). The van der Waals surface area contributed by atoms with Crippen molar-refractivity contribution in [1.29, 1.82) is 0 Å². The van der Waals surface area contributed by atoms with E-state index >= 15 is 0 Å². The summed E-state index contributed by atoms with van der Waals surface area (Å²) in [7, 11) is 0. The standard InChI is InChI=1S/C12H19N3O2S/c13-10(18)5-14-11(16)12(17)15(6-8-1-2-8)7-9-3-4-9/h8-9H,1-7H2,(H2,13,18)(H,14,16). The zero-order chi connectivity index (χ0) is 13.1. The summed E-state index contributed by atoms with van der Waals surface area (Å²) in [6.45, 7) is 1.52. The van der Waals surface area contributed by atoms with Gasteiger partial charge in [0.2, 0.25) is 0 Å². The highest BCUT2D eigenvalue weighted by Gasteiger charge is 2.33. The molecule has 0 saturated heterocycles. The van der Waals surface area contributed by atoms with Gasteiger partial charge in [-0.15, -0.1) is 0 Å². The minimum atomic E-state index is -0.593. The molecule has 5 nitrogen and oxygen atoms in total. The summed E-state index contributed by atoms with van der Waals surface area (Å²) < 4.78 is 0. The summed E-state index contributed by atoms with van der Waals surface area (Å²) in [6.07, 6.45) is 4.68. The lowest BCUT2D eigenvalue weighted by molar-refractivity contribution is -0.146. The van der Waals surface area contributed by atoms with E-state index in [1.54, 1.807) is 4.90 Å². The maximum absolute atomic E-state index is 12.0. The van der Waals surface area contributed by atoms with Gasteiger partial charge in [-0.05, 0) is 37.5 Å². The molecule has 2 aliphatic rings. The Morgan fingerprint density at radius 2 is 1.67 bits per heavy atom. The van der Waals surface area contributed by atoms with Crippen LogP contribution in [-0.4, -0.2) is 41.3 Å². The first kappa shape index (κ1) is 13.3. The molecule has 2 amide bonds. The van der Waals surface area contributed by atoms with Gasteiger partial charge in [0.25, 0.3) is 0 Å². The van der Waals surface area contributed by atoms with Crippen molar-refractivity contribution >= 4 is 29.0 Å². The van der Waals surface area contributed by atoms with E-state index in [9.17, 15) is 9.59 Å². The molecule has 0 aromatic rings. The van der Waals surface area contributed by atoms with Gasteiger partial charge in [0.1, 0.15) is 0 Å². The van der Waals surface area contributed by atoms with Crippen LogP contribution >= 0.6 is 12.2 Å². The van der Waals surface area contributed by atoms with Crippen LogP contribution in [0.4, 0.5) is 0 Å². The van der Waals surface area contributed by atoms with Gasteiger partial charge in [0.05, 0.1) is 11.5 Å². The number of nitrogens with one attached hydrogen (secondary N) is 1. The van der Waals surface area contributed by atoms with Gasteiger partial charge in [-0.3, -0.25) is 9.59 Å². The van der Waals surface area contributed by atoms with Crippen LogP contribution in [0.25, 0.3) is 0 Å². The summed E-state index contributed by atoms with van der Waals surface area (Å²) in [5, 5.41) is 2.45. The van der Waals surface area contributed by atoms with Crippen LogP contribution in [0, 0.1) is 11.8 Å². The first-order chi connectivity index (χ1) is 8.56. The Balaban J connectivity index is 1.83. The van der Waals surface area contributed by atoms with Crippen molar-refractivity contribution in [3.63, 3.8) is 0 Å². The molecule has 6 heteroatoms. The Bertz CT molecular complexity index is 350. The fourth-order valence-electron chi connectivity index (χ4n) is 1.85. The highest BCUT2D eigenvalue weighted by Crippen LogP contribution is 2.33. The molecule has 0 spiro atoms. The van der Waals surface area contributed by atoms with Gasteiger partial charge in [-0.2, -0.15) is 0 Å². The van der Waals surface area contributed by atoms with Crippen LogP contribution in [0.3, 0.4) is 0 Å². The van der Waals surface area contributed by atoms with Crippen LogP contribution in [-0.2, 0) is 9.59 Å². The number of carbonyl (C=O) groups is 2. The van der Waals surface area contributed by atoms with E-state index in [4.69, 9.17) is 5.73 Å². The van der Waals surface area contributed by atoms with Gasteiger partial charge >= 0.3 is 11.8 Å². The van der Waals surface area contributed by atoms with Crippen LogP contribution in [0.2, 0.25) is 0 Å². The molecule has 0 bridgehead atoms. The Morgan fingerprint density at radius 1 is 1.17 bits per heavy atom. The second-order valence-electron chi connectivity index (χ2n) is 5.25. The van der Waals surface area contributed by atoms with Crippen LogP contribution in [0.5, 0.6) is 0 Å². The lowest BCUT2D eigenvalue weighted by Crippen LogP contribution is -2.46. The van der Waals surface area contributed by atoms with E-state index in [1.807, 2.05) is 0 Å². The number of nitrogens with zero attached hydrogens (tertiary/aromatic N) is 1. The molecule has 2 fully saturated rings. The first-order valence-electron chi connectivity index (χ1n) is 6.41. The summed E-state index contributed by atoms with van der Waals surface area (Å²) >= 11 is 4.66. The van der Waals surface area contributed by atoms with E-state index in [2.05, 4.69) is 17.5 Å². The number of hydrogen-bond donors (Lipinski definition) is 2. The molecular weight excluding hydrogens is 250 g/mol. The minimum Gasteiger partial charge on any atom is -0.392 e. The van der Waals surface area contributed by atoms with Gasteiger partial charge in [-0.25, -0.2) is 0 Å². The van der Waals surface area contributed by atoms with Gasteiger partial charge in [0, 0.05) is 13.1 Å². The average Bonchev–Trinajstić information content (AvgIpc) is 3.18. The lowest BCUT2D eigenvalue weighted by Gasteiger charge is -2.21. The SMILES string of the molecule is NC(=S)CNC(=O)C(=O)N(CC1CC1)CC1CC1. The molecule has 0 radical (unpaired) electrons. The minimum absolute atomic E-state index is 0.0839. The molecule has 18 heavy (non-hydrogen) atoms. The molecule has 100 valence electrons. The predicted molar refractivity (Wildman–Crippen MR) is 71.8 cm³/mol. The zero-order valence-corrected chi connectivity index (χ0v) is 11.2. The fourth-order valence-corrected chi connectivity index (χ4v) is 1.92. The topological polar surface area (TPSA) is 75.4 Å². The number of nitrogens with two attached hydrogens (primary N) is 1. The lowest BCUT2D eigenvalue weighted by atomic mass is 10.3. The van der Waals surface area contributed by atoms with Gasteiger partial charge in [-0.1, -0.05) is 12.2 Å². The number of hydrogen-bond acceptors (Lipinski definition) is 3. The third kappa shape index (κ3) is 4.25. The molecule has 0 aliphatic heterocycles. The van der Waals surface area contributed by atoms with Crippen molar-refractivity contribution in [1.82, 2.24) is 10.2 Å². The van der Waals surface area contributed by atoms with Crippen LogP contribution in [0.1, 0.15) is 25.7 Å². The Hall–Kier alpha value is -1.17. The average molecular weight is 269 g/mol. The van der Waals surface area contributed by atoms with Crippen LogP contribution in [0.15, 0.2) is 0 Å². The normalized spacial score (nSPS) is 18.2. The van der Waals surface area contributed by atoms with Crippen molar-refractivity contribution < 1.29 is 9.59 Å². The first-order valence-corrected chi connectivity index (χ1v) is 6.82. The predicted octanol–water partition coefficient (Wildman–Crippen LogP) is 0.0373. The summed E-state index contributed by atoms with van der Waals surface area (Å²) in [4.78, 5) is 25.6. The van der Waals surface area contributed by atoms with Crippen molar-refractivity contribution in [3.05, 3.63) is 0 Å². The maximum atomic E-state index is 12.0. The smallest absolute Gasteiger partial charge is 0.311 e. The molecule has 0 unspecified atom stereocenters. The Labute approximate surface area is 112 Å². The number of amides is 2.